The van der Waals surface area contributed by atoms with Crippen molar-refractivity contribution in [2.75, 3.05) is 0 Å². The normalized spacial score (nSPS) is 11.9. The van der Waals surface area contributed by atoms with Crippen LogP contribution in [0.4, 0.5) is 0 Å². The molecule has 0 radical (unpaired) electrons. The first kappa shape index (κ1) is 18.5. The Morgan fingerprint density at radius 1 is 0.857 bits per heavy atom. The van der Waals surface area contributed by atoms with E-state index in [0.717, 1.165) is 48.8 Å². The number of fused-ring (bicyclic) bond motifs is 3. The number of carboxylic acid groups (broad SMARTS) is 1. The molecular formula is C26H26O2. The molecule has 0 saturated heterocycles. The van der Waals surface area contributed by atoms with Crippen molar-refractivity contribution in [2.45, 2.75) is 46.0 Å². The van der Waals surface area contributed by atoms with Gasteiger partial charge < -0.3 is 5.11 Å². The van der Waals surface area contributed by atoms with Crippen molar-refractivity contribution in [3.05, 3.63) is 82.4 Å². The van der Waals surface area contributed by atoms with Gasteiger partial charge in [0.25, 0.3) is 0 Å². The van der Waals surface area contributed by atoms with E-state index in [9.17, 15) is 9.90 Å². The topological polar surface area (TPSA) is 37.3 Å². The van der Waals surface area contributed by atoms with E-state index in [0.29, 0.717) is 5.56 Å². The minimum Gasteiger partial charge on any atom is -0.478 e. The summed E-state index contributed by atoms with van der Waals surface area (Å²) < 4.78 is 0. The number of hydrogen-bond acceptors (Lipinski definition) is 1. The summed E-state index contributed by atoms with van der Waals surface area (Å²) in [4.78, 5) is 12.0. The zero-order chi connectivity index (χ0) is 19.7. The van der Waals surface area contributed by atoms with Crippen molar-refractivity contribution < 1.29 is 9.90 Å². The molecule has 1 aliphatic carbocycles. The van der Waals surface area contributed by atoms with E-state index in [1.165, 1.54) is 27.8 Å². The summed E-state index contributed by atoms with van der Waals surface area (Å²) in [5.74, 6) is -0.802. The zero-order valence-electron chi connectivity index (χ0n) is 16.6. The van der Waals surface area contributed by atoms with E-state index in [1.807, 2.05) is 0 Å². The first-order chi connectivity index (χ1) is 13.6. The molecule has 0 unspecified atom stereocenters. The van der Waals surface area contributed by atoms with Gasteiger partial charge in [-0.3, -0.25) is 0 Å². The molecule has 0 spiro atoms. The maximum atomic E-state index is 12.0. The molecule has 4 rings (SSSR count). The number of benzene rings is 3. The van der Waals surface area contributed by atoms with Crippen LogP contribution in [0.2, 0.25) is 0 Å². The van der Waals surface area contributed by atoms with Crippen LogP contribution in [0.5, 0.6) is 0 Å². The fourth-order valence-corrected chi connectivity index (χ4v) is 4.56. The van der Waals surface area contributed by atoms with E-state index >= 15 is 0 Å². The van der Waals surface area contributed by atoms with Crippen molar-refractivity contribution in [2.24, 2.45) is 0 Å². The monoisotopic (exact) mass is 370 g/mol. The van der Waals surface area contributed by atoms with Gasteiger partial charge in [-0.2, -0.15) is 0 Å². The molecule has 0 bridgehead atoms. The Hall–Kier alpha value is -2.87. The van der Waals surface area contributed by atoms with Gasteiger partial charge in [0.15, 0.2) is 0 Å². The molecule has 0 saturated carbocycles. The van der Waals surface area contributed by atoms with Gasteiger partial charge in [-0.15, -0.1) is 0 Å². The summed E-state index contributed by atoms with van der Waals surface area (Å²) in [6.07, 6.45) is 4.40. The molecule has 1 N–H and O–H groups in total. The predicted molar refractivity (Wildman–Crippen MR) is 115 cm³/mol. The molecule has 0 aromatic heterocycles. The van der Waals surface area contributed by atoms with E-state index < -0.39 is 5.97 Å². The van der Waals surface area contributed by atoms with Crippen molar-refractivity contribution in [1.29, 1.82) is 0 Å². The van der Waals surface area contributed by atoms with Crippen LogP contribution in [0, 0.1) is 0 Å². The lowest BCUT2D eigenvalue weighted by Crippen LogP contribution is -2.08. The van der Waals surface area contributed by atoms with Gasteiger partial charge in [0.1, 0.15) is 0 Å². The molecular weight excluding hydrogens is 344 g/mol. The Morgan fingerprint density at radius 3 is 2.11 bits per heavy atom. The summed E-state index contributed by atoms with van der Waals surface area (Å²) in [5.41, 5.74) is 10.2. The fraction of sp³-hybridized carbons (Fsp3) is 0.269. The number of aryl methyl sites for hydroxylation is 2. The molecule has 2 heteroatoms. The van der Waals surface area contributed by atoms with E-state index in [1.54, 1.807) is 0 Å². The molecule has 0 aliphatic heterocycles. The van der Waals surface area contributed by atoms with E-state index in [2.05, 4.69) is 68.4 Å². The molecule has 3 aromatic carbocycles. The average Bonchev–Trinajstić information content (AvgIpc) is 3.06. The third-order valence-electron chi connectivity index (χ3n) is 5.72. The molecule has 0 fully saturated rings. The van der Waals surface area contributed by atoms with E-state index in [-0.39, 0.29) is 0 Å². The highest BCUT2D eigenvalue weighted by atomic mass is 16.4. The van der Waals surface area contributed by atoms with Gasteiger partial charge >= 0.3 is 5.97 Å². The molecule has 142 valence electrons. The van der Waals surface area contributed by atoms with E-state index in [4.69, 9.17) is 0 Å². The third-order valence-corrected chi connectivity index (χ3v) is 5.72. The molecule has 0 heterocycles. The van der Waals surface area contributed by atoms with Gasteiger partial charge in [0.2, 0.25) is 0 Å². The van der Waals surface area contributed by atoms with Gasteiger partial charge in [0, 0.05) is 0 Å². The molecule has 3 aromatic rings. The molecule has 2 nitrogen and oxygen atoms in total. The van der Waals surface area contributed by atoms with Crippen molar-refractivity contribution in [1.82, 2.24) is 0 Å². The van der Waals surface area contributed by atoms with Crippen LogP contribution in [-0.2, 0) is 19.3 Å². The van der Waals surface area contributed by atoms with Crippen LogP contribution in [0.25, 0.3) is 22.3 Å². The Balaban J connectivity index is 1.90. The lowest BCUT2D eigenvalue weighted by atomic mass is 9.88. The number of rotatable bonds is 6. The second-order valence-electron chi connectivity index (χ2n) is 7.64. The first-order valence-electron chi connectivity index (χ1n) is 10.2. The SMILES string of the molecule is CCCc1cc(-c2cccc3c2Cc2ccccc2-3)cc(CCC)c1C(=O)O. The summed E-state index contributed by atoms with van der Waals surface area (Å²) in [6, 6.07) is 19.4. The maximum Gasteiger partial charge on any atom is 0.336 e. The number of carbonyl (C=O) groups is 1. The quantitative estimate of drug-likeness (QED) is 0.419. The lowest BCUT2D eigenvalue weighted by Gasteiger charge is -2.16. The highest BCUT2D eigenvalue weighted by Crippen LogP contribution is 2.42. The minimum absolute atomic E-state index is 0.517. The van der Waals surface area contributed by atoms with Crippen molar-refractivity contribution in [3.63, 3.8) is 0 Å². The summed E-state index contributed by atoms with van der Waals surface area (Å²) in [5, 5.41) is 9.83. The Kier molecular flexibility index (Phi) is 5.04. The van der Waals surface area contributed by atoms with Gasteiger partial charge in [-0.05, 0) is 63.8 Å². The van der Waals surface area contributed by atoms with Gasteiger partial charge in [-0.25, -0.2) is 4.79 Å². The Morgan fingerprint density at radius 2 is 1.46 bits per heavy atom. The van der Waals surface area contributed by atoms with Crippen molar-refractivity contribution in [3.8, 4) is 22.3 Å². The van der Waals surface area contributed by atoms with Gasteiger partial charge in [-0.1, -0.05) is 81.3 Å². The minimum atomic E-state index is -0.802. The number of hydrogen-bond donors (Lipinski definition) is 1. The second-order valence-corrected chi connectivity index (χ2v) is 7.64. The highest BCUT2D eigenvalue weighted by Gasteiger charge is 2.23. The van der Waals surface area contributed by atoms with Crippen LogP contribution < -0.4 is 0 Å². The Labute approximate surface area is 166 Å². The molecule has 28 heavy (non-hydrogen) atoms. The average molecular weight is 370 g/mol. The number of carboxylic acids is 1. The van der Waals surface area contributed by atoms with Crippen LogP contribution in [0.15, 0.2) is 54.6 Å². The van der Waals surface area contributed by atoms with Crippen molar-refractivity contribution >= 4 is 5.97 Å². The standard InChI is InChI=1S/C26H26O2/c1-3-8-18-14-20(15-19(9-4-2)25(18)26(27)28)22-12-7-13-23-21-11-6-5-10-17(21)16-24(22)23/h5-7,10-15H,3-4,8-9,16H2,1-2H3,(H,27,28). The smallest absolute Gasteiger partial charge is 0.336 e. The van der Waals surface area contributed by atoms with Crippen LogP contribution >= 0.6 is 0 Å². The second kappa shape index (κ2) is 7.63. The predicted octanol–water partition coefficient (Wildman–Crippen LogP) is 6.53. The summed E-state index contributed by atoms with van der Waals surface area (Å²) >= 11 is 0. The highest BCUT2D eigenvalue weighted by molar-refractivity contribution is 5.93. The maximum absolute atomic E-state index is 12.0. The summed E-state index contributed by atoms with van der Waals surface area (Å²) in [7, 11) is 0. The Bertz CT molecular complexity index is 1020. The zero-order valence-corrected chi connectivity index (χ0v) is 16.6. The molecule has 1 aliphatic rings. The van der Waals surface area contributed by atoms with Crippen LogP contribution in [0.1, 0.15) is 59.3 Å². The molecule has 0 amide bonds. The molecule has 0 atom stereocenters. The first-order valence-corrected chi connectivity index (χ1v) is 10.2. The van der Waals surface area contributed by atoms with Gasteiger partial charge in [0.05, 0.1) is 5.56 Å². The fourth-order valence-electron chi connectivity index (χ4n) is 4.56. The number of aromatic carboxylic acids is 1. The third kappa shape index (κ3) is 3.13. The largest absolute Gasteiger partial charge is 0.478 e. The lowest BCUT2D eigenvalue weighted by molar-refractivity contribution is 0.0694. The van der Waals surface area contributed by atoms with Crippen LogP contribution in [-0.4, -0.2) is 11.1 Å². The van der Waals surface area contributed by atoms with Crippen LogP contribution in [0.3, 0.4) is 0 Å². The summed E-state index contributed by atoms with van der Waals surface area (Å²) in [6.45, 7) is 4.21.